The summed E-state index contributed by atoms with van der Waals surface area (Å²) in [7, 11) is 0. The Labute approximate surface area is 177 Å². The quantitative estimate of drug-likeness (QED) is 0.373. The summed E-state index contributed by atoms with van der Waals surface area (Å²) in [6.45, 7) is 2.54. The highest BCUT2D eigenvalue weighted by Gasteiger charge is 2.25. The molecule has 3 aromatic carbocycles. The molecule has 0 N–H and O–H groups in total. The summed E-state index contributed by atoms with van der Waals surface area (Å²) in [4.78, 5) is 16.6. The van der Waals surface area contributed by atoms with E-state index in [0.717, 1.165) is 26.9 Å². The van der Waals surface area contributed by atoms with Gasteiger partial charge in [-0.05, 0) is 64.3 Å². The fraction of sp³-hybridized carbons (Fsp3) is 0.0833. The molecule has 0 saturated heterocycles. The molecule has 0 bridgehead atoms. The zero-order valence-corrected chi connectivity index (χ0v) is 17.3. The van der Waals surface area contributed by atoms with Gasteiger partial charge in [0.15, 0.2) is 5.70 Å². The molecule has 1 aliphatic rings. The Morgan fingerprint density at radius 2 is 1.86 bits per heavy atom. The van der Waals surface area contributed by atoms with Crippen molar-refractivity contribution >= 4 is 33.9 Å². The molecule has 1 heterocycles. The van der Waals surface area contributed by atoms with Gasteiger partial charge in [-0.15, -0.1) is 0 Å². The lowest BCUT2D eigenvalue weighted by Gasteiger charge is -2.07. The molecule has 5 heteroatoms. The molecule has 0 fully saturated rings. The zero-order valence-electron chi connectivity index (χ0n) is 15.8. The number of hydrogen-bond acceptors (Lipinski definition) is 4. The minimum Gasteiger partial charge on any atom is -0.489 e. The minimum absolute atomic E-state index is 0.256. The standard InChI is InChI=1S/C24H18BrNO3/c1-16-6-4-8-18(12-16)15-28-19-9-5-7-17(13-19)14-22-24(27)29-23(26-22)20-10-2-3-11-21(20)25/h2-14H,15H2,1H3/b22-14-. The van der Waals surface area contributed by atoms with Crippen LogP contribution in [0.1, 0.15) is 22.3 Å². The van der Waals surface area contributed by atoms with Crippen LogP contribution in [-0.4, -0.2) is 11.9 Å². The van der Waals surface area contributed by atoms with E-state index in [2.05, 4.69) is 40.0 Å². The van der Waals surface area contributed by atoms with Crippen molar-refractivity contribution in [1.29, 1.82) is 0 Å². The zero-order chi connectivity index (χ0) is 20.2. The van der Waals surface area contributed by atoms with Gasteiger partial charge in [0.05, 0.1) is 5.56 Å². The molecular formula is C24H18BrNO3. The number of benzene rings is 3. The Morgan fingerprint density at radius 3 is 2.69 bits per heavy atom. The van der Waals surface area contributed by atoms with Gasteiger partial charge in [0.1, 0.15) is 12.4 Å². The third-order valence-corrected chi connectivity index (χ3v) is 5.07. The van der Waals surface area contributed by atoms with Gasteiger partial charge in [0, 0.05) is 4.47 Å². The number of hydrogen-bond donors (Lipinski definition) is 0. The number of carbonyl (C=O) groups excluding carboxylic acids is 1. The van der Waals surface area contributed by atoms with Gasteiger partial charge in [-0.25, -0.2) is 9.79 Å². The molecular weight excluding hydrogens is 430 g/mol. The number of aliphatic imine (C=N–C) groups is 1. The van der Waals surface area contributed by atoms with Crippen molar-refractivity contribution < 1.29 is 14.3 Å². The van der Waals surface area contributed by atoms with Crippen molar-refractivity contribution in [2.24, 2.45) is 4.99 Å². The molecule has 0 aliphatic carbocycles. The highest BCUT2D eigenvalue weighted by molar-refractivity contribution is 9.10. The summed E-state index contributed by atoms with van der Waals surface area (Å²) in [5, 5.41) is 0. The van der Waals surface area contributed by atoms with E-state index in [4.69, 9.17) is 9.47 Å². The molecule has 0 aromatic heterocycles. The second kappa shape index (κ2) is 8.45. The van der Waals surface area contributed by atoms with E-state index < -0.39 is 5.97 Å². The number of nitrogens with zero attached hydrogens (tertiary/aromatic N) is 1. The van der Waals surface area contributed by atoms with Crippen LogP contribution in [0.25, 0.3) is 6.08 Å². The average Bonchev–Trinajstić information content (AvgIpc) is 3.07. The van der Waals surface area contributed by atoms with Gasteiger partial charge in [-0.2, -0.15) is 0 Å². The first-order valence-electron chi connectivity index (χ1n) is 9.14. The topological polar surface area (TPSA) is 47.9 Å². The minimum atomic E-state index is -0.471. The van der Waals surface area contributed by atoms with Crippen LogP contribution in [0.4, 0.5) is 0 Å². The van der Waals surface area contributed by atoms with E-state index in [-0.39, 0.29) is 5.70 Å². The Balaban J connectivity index is 1.53. The predicted octanol–water partition coefficient (Wildman–Crippen LogP) is 5.68. The smallest absolute Gasteiger partial charge is 0.363 e. The lowest BCUT2D eigenvalue weighted by atomic mass is 10.1. The van der Waals surface area contributed by atoms with Crippen LogP contribution < -0.4 is 4.74 Å². The molecule has 0 amide bonds. The molecule has 0 radical (unpaired) electrons. The van der Waals surface area contributed by atoms with Gasteiger partial charge in [-0.3, -0.25) is 0 Å². The molecule has 0 unspecified atom stereocenters. The third-order valence-electron chi connectivity index (χ3n) is 4.37. The van der Waals surface area contributed by atoms with Crippen LogP contribution in [0, 0.1) is 6.92 Å². The van der Waals surface area contributed by atoms with E-state index in [1.807, 2.05) is 60.7 Å². The molecule has 0 spiro atoms. The van der Waals surface area contributed by atoms with Crippen molar-refractivity contribution in [3.05, 3.63) is 105 Å². The van der Waals surface area contributed by atoms with Crippen molar-refractivity contribution in [3.8, 4) is 5.75 Å². The molecule has 4 nitrogen and oxygen atoms in total. The highest BCUT2D eigenvalue weighted by atomic mass is 79.9. The molecule has 144 valence electrons. The first-order chi connectivity index (χ1) is 14.1. The molecule has 1 aliphatic heterocycles. The molecule has 0 atom stereocenters. The van der Waals surface area contributed by atoms with Crippen LogP contribution in [0.3, 0.4) is 0 Å². The summed E-state index contributed by atoms with van der Waals surface area (Å²) in [6.07, 6.45) is 1.70. The second-order valence-corrected chi connectivity index (χ2v) is 7.52. The highest BCUT2D eigenvalue weighted by Crippen LogP contribution is 2.25. The number of rotatable bonds is 5. The van der Waals surface area contributed by atoms with Gasteiger partial charge < -0.3 is 9.47 Å². The van der Waals surface area contributed by atoms with Crippen LogP contribution in [-0.2, 0) is 16.1 Å². The van der Waals surface area contributed by atoms with E-state index in [0.29, 0.717) is 12.5 Å². The summed E-state index contributed by atoms with van der Waals surface area (Å²) < 4.78 is 12.1. The van der Waals surface area contributed by atoms with E-state index >= 15 is 0 Å². The normalized spacial score (nSPS) is 14.6. The second-order valence-electron chi connectivity index (χ2n) is 6.67. The largest absolute Gasteiger partial charge is 0.489 e. The number of cyclic esters (lactones) is 1. The van der Waals surface area contributed by atoms with Crippen LogP contribution in [0.5, 0.6) is 5.75 Å². The summed E-state index contributed by atoms with van der Waals surface area (Å²) in [5.74, 6) is 0.546. The SMILES string of the molecule is Cc1cccc(COc2cccc(/C=C3\N=C(c4ccccc4Br)OC3=O)c2)c1. The number of halogens is 1. The van der Waals surface area contributed by atoms with Crippen molar-refractivity contribution in [2.75, 3.05) is 0 Å². The third kappa shape index (κ3) is 4.63. The lowest BCUT2D eigenvalue weighted by molar-refractivity contribution is -0.129. The molecule has 0 saturated carbocycles. The number of carbonyl (C=O) groups is 1. The van der Waals surface area contributed by atoms with E-state index in [9.17, 15) is 4.79 Å². The predicted molar refractivity (Wildman–Crippen MR) is 117 cm³/mol. The van der Waals surface area contributed by atoms with Gasteiger partial charge in [0.25, 0.3) is 0 Å². The van der Waals surface area contributed by atoms with Crippen LogP contribution in [0.15, 0.2) is 88.0 Å². The first-order valence-corrected chi connectivity index (χ1v) is 9.94. The maximum Gasteiger partial charge on any atom is 0.363 e. The molecule has 4 rings (SSSR count). The number of esters is 1. The van der Waals surface area contributed by atoms with Gasteiger partial charge in [0.2, 0.25) is 5.90 Å². The number of ether oxygens (including phenoxy) is 2. The Morgan fingerprint density at radius 1 is 1.03 bits per heavy atom. The maximum atomic E-state index is 12.2. The molecule has 3 aromatic rings. The van der Waals surface area contributed by atoms with Crippen LogP contribution >= 0.6 is 15.9 Å². The van der Waals surface area contributed by atoms with Crippen LogP contribution in [0.2, 0.25) is 0 Å². The Bertz CT molecular complexity index is 1130. The fourth-order valence-electron chi connectivity index (χ4n) is 2.98. The van der Waals surface area contributed by atoms with Crippen molar-refractivity contribution in [3.63, 3.8) is 0 Å². The maximum absolute atomic E-state index is 12.2. The van der Waals surface area contributed by atoms with E-state index in [1.54, 1.807) is 6.08 Å². The van der Waals surface area contributed by atoms with Gasteiger partial charge >= 0.3 is 5.97 Å². The number of aryl methyl sites for hydroxylation is 1. The van der Waals surface area contributed by atoms with Crippen molar-refractivity contribution in [2.45, 2.75) is 13.5 Å². The Kier molecular flexibility index (Phi) is 5.58. The monoisotopic (exact) mass is 447 g/mol. The summed E-state index contributed by atoms with van der Waals surface area (Å²) in [5.41, 5.74) is 4.11. The van der Waals surface area contributed by atoms with Crippen molar-refractivity contribution in [1.82, 2.24) is 0 Å². The molecule has 29 heavy (non-hydrogen) atoms. The fourth-order valence-corrected chi connectivity index (χ4v) is 3.43. The first kappa shape index (κ1) is 19.2. The van der Waals surface area contributed by atoms with E-state index in [1.165, 1.54) is 5.56 Å². The van der Waals surface area contributed by atoms with Gasteiger partial charge in [-0.1, -0.05) is 54.1 Å². The summed E-state index contributed by atoms with van der Waals surface area (Å²) in [6, 6.07) is 23.2. The summed E-state index contributed by atoms with van der Waals surface area (Å²) >= 11 is 3.46. The lowest BCUT2D eigenvalue weighted by Crippen LogP contribution is -2.05. The Hall–Kier alpha value is -3.18. The average molecular weight is 448 g/mol.